The van der Waals surface area contributed by atoms with Crippen LogP contribution in [0.3, 0.4) is 0 Å². The van der Waals surface area contributed by atoms with Crippen LogP contribution in [0.5, 0.6) is 0 Å². The molecule has 1 unspecified atom stereocenters. The van der Waals surface area contributed by atoms with Crippen molar-refractivity contribution in [3.05, 3.63) is 24.2 Å². The summed E-state index contributed by atoms with van der Waals surface area (Å²) < 4.78 is 10.9. The predicted molar refractivity (Wildman–Crippen MR) is 109 cm³/mol. The average Bonchev–Trinajstić information content (AvgIpc) is 3.27. The van der Waals surface area contributed by atoms with Crippen LogP contribution in [0.2, 0.25) is 0 Å². The molecule has 2 saturated heterocycles. The van der Waals surface area contributed by atoms with Crippen LogP contribution in [0.4, 0.5) is 0 Å². The number of esters is 1. The summed E-state index contributed by atoms with van der Waals surface area (Å²) in [7, 11) is 1.82. The zero-order valence-electron chi connectivity index (χ0n) is 17.2. The number of likely N-dealkylation sites (tertiary alicyclic amines) is 2. The van der Waals surface area contributed by atoms with Gasteiger partial charge in [0.15, 0.2) is 5.96 Å². The molecule has 1 aromatic heterocycles. The predicted octanol–water partition coefficient (Wildman–Crippen LogP) is 2.66. The number of furan rings is 1. The van der Waals surface area contributed by atoms with E-state index in [0.29, 0.717) is 6.61 Å². The van der Waals surface area contributed by atoms with E-state index in [1.165, 1.54) is 19.3 Å². The molecule has 0 spiro atoms. The second-order valence-electron chi connectivity index (χ2n) is 7.57. The fourth-order valence-corrected chi connectivity index (χ4v) is 4.23. The number of piperidine rings is 2. The minimum atomic E-state index is -0.0620. The van der Waals surface area contributed by atoms with Gasteiger partial charge in [-0.3, -0.25) is 14.7 Å². The highest BCUT2D eigenvalue weighted by Gasteiger charge is 2.29. The molecule has 156 valence electrons. The lowest BCUT2D eigenvalue weighted by Gasteiger charge is -2.36. The molecule has 3 rings (SSSR count). The van der Waals surface area contributed by atoms with E-state index in [2.05, 4.69) is 26.2 Å². The second kappa shape index (κ2) is 10.5. The number of hydrogen-bond donors (Lipinski definition) is 1. The van der Waals surface area contributed by atoms with E-state index in [9.17, 15) is 4.79 Å². The Bertz CT molecular complexity index is 618. The lowest BCUT2D eigenvalue weighted by atomic mass is 9.97. The van der Waals surface area contributed by atoms with E-state index < -0.39 is 0 Å². The molecule has 2 aliphatic rings. The highest BCUT2D eigenvalue weighted by Crippen LogP contribution is 2.25. The molecule has 0 radical (unpaired) electrons. The third-order valence-electron chi connectivity index (χ3n) is 5.78. The number of nitrogens with zero attached hydrogens (tertiary/aromatic N) is 3. The Kier molecular flexibility index (Phi) is 7.77. The van der Waals surface area contributed by atoms with Crippen LogP contribution in [0.15, 0.2) is 27.8 Å². The Balaban J connectivity index is 1.55. The van der Waals surface area contributed by atoms with Gasteiger partial charge in [-0.15, -0.1) is 0 Å². The van der Waals surface area contributed by atoms with Gasteiger partial charge in [0, 0.05) is 26.7 Å². The van der Waals surface area contributed by atoms with Gasteiger partial charge in [0.05, 0.1) is 24.8 Å². The summed E-state index contributed by atoms with van der Waals surface area (Å²) in [6, 6.07) is 4.24. The van der Waals surface area contributed by atoms with Crippen molar-refractivity contribution >= 4 is 11.9 Å². The maximum absolute atomic E-state index is 12.0. The number of hydrogen-bond acceptors (Lipinski definition) is 5. The smallest absolute Gasteiger partial charge is 0.309 e. The first-order valence-electron chi connectivity index (χ1n) is 10.6. The zero-order chi connectivity index (χ0) is 19.8. The third-order valence-corrected chi connectivity index (χ3v) is 5.78. The SMILES string of the molecule is CCOC(=O)C1CCN(C(=NC)NCC(c2ccco2)N2CCCCC2)CC1. The number of nitrogens with one attached hydrogen (secondary N) is 1. The van der Waals surface area contributed by atoms with E-state index in [-0.39, 0.29) is 17.9 Å². The molecule has 2 fully saturated rings. The molecule has 1 N–H and O–H groups in total. The summed E-state index contributed by atoms with van der Waals surface area (Å²) in [4.78, 5) is 21.2. The van der Waals surface area contributed by atoms with E-state index >= 15 is 0 Å². The quantitative estimate of drug-likeness (QED) is 0.457. The van der Waals surface area contributed by atoms with Gasteiger partial charge >= 0.3 is 5.97 Å². The fraction of sp³-hybridized carbons (Fsp3) is 0.714. The van der Waals surface area contributed by atoms with E-state index in [0.717, 1.165) is 57.3 Å². The largest absolute Gasteiger partial charge is 0.468 e. The maximum Gasteiger partial charge on any atom is 0.309 e. The Morgan fingerprint density at radius 3 is 2.64 bits per heavy atom. The topological polar surface area (TPSA) is 70.3 Å². The molecule has 0 bridgehead atoms. The number of guanidine groups is 1. The number of rotatable bonds is 6. The summed E-state index contributed by atoms with van der Waals surface area (Å²) in [5.41, 5.74) is 0. The Morgan fingerprint density at radius 2 is 2.04 bits per heavy atom. The van der Waals surface area contributed by atoms with Crippen molar-refractivity contribution in [2.45, 2.75) is 45.1 Å². The molecule has 0 amide bonds. The molecule has 0 aliphatic carbocycles. The molecule has 28 heavy (non-hydrogen) atoms. The van der Waals surface area contributed by atoms with Crippen LogP contribution in [0.25, 0.3) is 0 Å². The van der Waals surface area contributed by atoms with Gasteiger partial charge in [-0.1, -0.05) is 6.42 Å². The van der Waals surface area contributed by atoms with Crippen molar-refractivity contribution in [1.29, 1.82) is 0 Å². The number of aliphatic imine (C=N–C) groups is 1. The Hall–Kier alpha value is -2.02. The van der Waals surface area contributed by atoms with Gasteiger partial charge in [0.1, 0.15) is 5.76 Å². The normalized spacial score (nSPS) is 20.8. The third kappa shape index (κ3) is 5.28. The van der Waals surface area contributed by atoms with Crippen molar-refractivity contribution in [1.82, 2.24) is 15.1 Å². The van der Waals surface area contributed by atoms with E-state index in [1.807, 2.05) is 20.0 Å². The molecular formula is C21H34N4O3. The first-order chi connectivity index (χ1) is 13.7. The first-order valence-corrected chi connectivity index (χ1v) is 10.6. The van der Waals surface area contributed by atoms with Crippen molar-refractivity contribution < 1.29 is 13.9 Å². The Morgan fingerprint density at radius 1 is 1.29 bits per heavy atom. The highest BCUT2D eigenvalue weighted by atomic mass is 16.5. The molecule has 3 heterocycles. The Labute approximate surface area is 168 Å². The highest BCUT2D eigenvalue weighted by molar-refractivity contribution is 5.80. The molecule has 2 aliphatic heterocycles. The van der Waals surface area contributed by atoms with Gasteiger partial charge in [-0.2, -0.15) is 0 Å². The number of carbonyl (C=O) groups is 1. The van der Waals surface area contributed by atoms with Crippen LogP contribution in [-0.2, 0) is 9.53 Å². The van der Waals surface area contributed by atoms with Gasteiger partial charge in [-0.05, 0) is 57.8 Å². The van der Waals surface area contributed by atoms with Crippen LogP contribution in [0.1, 0.15) is 50.8 Å². The van der Waals surface area contributed by atoms with E-state index in [1.54, 1.807) is 6.26 Å². The van der Waals surface area contributed by atoms with Crippen LogP contribution in [-0.4, -0.2) is 68.1 Å². The zero-order valence-corrected chi connectivity index (χ0v) is 17.2. The number of carbonyl (C=O) groups excluding carboxylic acids is 1. The first kappa shape index (κ1) is 20.7. The number of ether oxygens (including phenoxy) is 1. The minimum Gasteiger partial charge on any atom is -0.468 e. The van der Waals surface area contributed by atoms with Gasteiger partial charge in [0.25, 0.3) is 0 Å². The molecule has 7 heteroatoms. The van der Waals surface area contributed by atoms with E-state index in [4.69, 9.17) is 9.15 Å². The lowest BCUT2D eigenvalue weighted by Crippen LogP contribution is -2.49. The summed E-state index contributed by atoms with van der Waals surface area (Å²) >= 11 is 0. The fourth-order valence-electron chi connectivity index (χ4n) is 4.23. The molecule has 1 atom stereocenters. The summed E-state index contributed by atoms with van der Waals surface area (Å²) in [5, 5.41) is 3.55. The monoisotopic (exact) mass is 390 g/mol. The van der Waals surface area contributed by atoms with Gasteiger partial charge < -0.3 is 19.4 Å². The average molecular weight is 391 g/mol. The summed E-state index contributed by atoms with van der Waals surface area (Å²) in [6.45, 7) is 6.92. The van der Waals surface area contributed by atoms with Crippen molar-refractivity contribution in [2.24, 2.45) is 10.9 Å². The minimum absolute atomic E-state index is 0.0125. The molecule has 0 saturated carbocycles. The van der Waals surface area contributed by atoms with Crippen LogP contribution < -0.4 is 5.32 Å². The molecular weight excluding hydrogens is 356 g/mol. The van der Waals surface area contributed by atoms with Crippen molar-refractivity contribution in [2.75, 3.05) is 46.4 Å². The van der Waals surface area contributed by atoms with Crippen molar-refractivity contribution in [3.8, 4) is 0 Å². The summed E-state index contributed by atoms with van der Waals surface area (Å²) in [6.07, 6.45) is 7.17. The summed E-state index contributed by atoms with van der Waals surface area (Å²) in [5.74, 6) is 1.85. The van der Waals surface area contributed by atoms with Gasteiger partial charge in [-0.25, -0.2) is 0 Å². The molecule has 7 nitrogen and oxygen atoms in total. The van der Waals surface area contributed by atoms with Crippen LogP contribution >= 0.6 is 0 Å². The molecule has 1 aromatic rings. The lowest BCUT2D eigenvalue weighted by molar-refractivity contribution is -0.149. The van der Waals surface area contributed by atoms with Crippen LogP contribution in [0, 0.1) is 5.92 Å². The van der Waals surface area contributed by atoms with Gasteiger partial charge in [0.2, 0.25) is 0 Å². The molecule has 0 aromatic carbocycles. The second-order valence-corrected chi connectivity index (χ2v) is 7.57. The maximum atomic E-state index is 12.0. The standard InChI is InChI=1S/C21H34N4O3/c1-3-27-20(26)17-9-13-25(14-10-17)21(22-2)23-16-18(19-8-7-15-28-19)24-11-5-4-6-12-24/h7-8,15,17-18H,3-6,9-14,16H2,1-2H3,(H,22,23). The van der Waals surface area contributed by atoms with Crippen molar-refractivity contribution in [3.63, 3.8) is 0 Å².